The van der Waals surface area contributed by atoms with E-state index in [0.29, 0.717) is 39.4 Å². The molecule has 146 valence electrons. The summed E-state index contributed by atoms with van der Waals surface area (Å²) in [5.41, 5.74) is 5.09. The first-order valence-corrected chi connectivity index (χ1v) is 11.2. The van der Waals surface area contributed by atoms with E-state index in [9.17, 15) is 9.59 Å². The van der Waals surface area contributed by atoms with E-state index in [1.807, 2.05) is 21.6 Å². The number of nitrogens with one attached hydrogen (secondary N) is 1. The van der Waals surface area contributed by atoms with Crippen molar-refractivity contribution in [3.05, 3.63) is 0 Å². The average Bonchev–Trinajstić information content (AvgIpc) is 3.13. The Kier molecular flexibility index (Phi) is 14.2. The van der Waals surface area contributed by atoms with Gasteiger partial charge in [0.15, 0.2) is 0 Å². The lowest BCUT2D eigenvalue weighted by atomic mass is 10.1. The maximum absolute atomic E-state index is 11.7. The zero-order valence-corrected chi connectivity index (χ0v) is 16.3. The summed E-state index contributed by atoms with van der Waals surface area (Å²) in [6, 6.07) is 0. The third-order valence-electron chi connectivity index (χ3n) is 3.51. The Hall–Kier alpha value is -0.480. The Bertz CT molecular complexity index is 368. The highest BCUT2D eigenvalue weighted by molar-refractivity contribution is 8.77. The van der Waals surface area contributed by atoms with Gasteiger partial charge in [0.2, 0.25) is 5.91 Å². The Morgan fingerprint density at radius 1 is 1.08 bits per heavy atom. The lowest BCUT2D eigenvalue weighted by molar-refractivity contribution is -0.143. The first kappa shape index (κ1) is 22.6. The molecule has 0 radical (unpaired) electrons. The van der Waals surface area contributed by atoms with Gasteiger partial charge in [0.25, 0.3) is 0 Å². The maximum Gasteiger partial charge on any atom is 0.319 e. The van der Waals surface area contributed by atoms with Gasteiger partial charge in [-0.3, -0.25) is 9.59 Å². The van der Waals surface area contributed by atoms with E-state index in [4.69, 9.17) is 19.9 Å². The van der Waals surface area contributed by atoms with Gasteiger partial charge >= 0.3 is 5.97 Å². The van der Waals surface area contributed by atoms with E-state index in [1.54, 1.807) is 0 Å². The van der Waals surface area contributed by atoms with Gasteiger partial charge < -0.3 is 25.3 Å². The number of hydrogen-bond donors (Lipinski definition) is 2. The Balaban J connectivity index is 1.76. The Morgan fingerprint density at radius 2 is 1.84 bits per heavy atom. The summed E-state index contributed by atoms with van der Waals surface area (Å²) >= 11 is 0. The molecule has 1 rings (SSSR count). The summed E-state index contributed by atoms with van der Waals surface area (Å²) in [5.74, 6) is 0.921. The van der Waals surface area contributed by atoms with E-state index in [0.717, 1.165) is 18.1 Å². The van der Waals surface area contributed by atoms with Crippen LogP contribution in [0.1, 0.15) is 32.1 Å². The van der Waals surface area contributed by atoms with Crippen molar-refractivity contribution in [3.8, 4) is 0 Å². The highest BCUT2D eigenvalue weighted by atomic mass is 33.1. The molecule has 1 saturated heterocycles. The van der Waals surface area contributed by atoms with Crippen LogP contribution in [0.3, 0.4) is 0 Å². The molecular formula is C16H30N2O5S2. The number of hydrogen-bond acceptors (Lipinski definition) is 8. The molecule has 1 amide bonds. The van der Waals surface area contributed by atoms with Gasteiger partial charge in [0.1, 0.15) is 6.61 Å². The summed E-state index contributed by atoms with van der Waals surface area (Å²) in [5, 5.41) is 3.65. The molecule has 7 nitrogen and oxygen atoms in total. The molecule has 1 heterocycles. The molecule has 1 aliphatic heterocycles. The molecule has 0 aromatic heterocycles. The van der Waals surface area contributed by atoms with Gasteiger partial charge in [0, 0.05) is 24.0 Å². The van der Waals surface area contributed by atoms with Crippen LogP contribution in [0, 0.1) is 0 Å². The van der Waals surface area contributed by atoms with E-state index in [2.05, 4.69) is 5.32 Å². The van der Waals surface area contributed by atoms with Crippen molar-refractivity contribution in [1.29, 1.82) is 0 Å². The number of rotatable bonds is 15. The smallest absolute Gasteiger partial charge is 0.319 e. The highest BCUT2D eigenvalue weighted by Crippen LogP contribution is 2.39. The second kappa shape index (κ2) is 15.7. The first-order chi connectivity index (χ1) is 12.2. The van der Waals surface area contributed by atoms with E-state index in [-0.39, 0.29) is 19.1 Å². The third-order valence-corrected chi connectivity index (χ3v) is 6.51. The molecule has 0 aromatic rings. The van der Waals surface area contributed by atoms with Gasteiger partial charge in [-0.1, -0.05) is 28.0 Å². The number of amides is 1. The summed E-state index contributed by atoms with van der Waals surface area (Å²) in [4.78, 5) is 22.4. The molecule has 1 unspecified atom stereocenters. The lowest BCUT2D eigenvalue weighted by Gasteiger charge is -2.08. The minimum atomic E-state index is -0.438. The number of carbonyl (C=O) groups is 2. The van der Waals surface area contributed by atoms with Gasteiger partial charge in [-0.25, -0.2) is 0 Å². The Labute approximate surface area is 157 Å². The molecule has 0 aromatic carbocycles. The van der Waals surface area contributed by atoms with E-state index < -0.39 is 5.97 Å². The normalized spacial score (nSPS) is 16.8. The summed E-state index contributed by atoms with van der Waals surface area (Å²) in [7, 11) is 3.95. The van der Waals surface area contributed by atoms with Crippen molar-refractivity contribution in [3.63, 3.8) is 0 Å². The zero-order valence-electron chi connectivity index (χ0n) is 14.7. The first-order valence-electron chi connectivity index (χ1n) is 8.78. The van der Waals surface area contributed by atoms with Crippen LogP contribution in [0.2, 0.25) is 0 Å². The standard InChI is InChI=1S/C16H30N2O5S2/c17-13-16(20)23-11-10-22-9-8-21-7-6-18-15(19)4-2-1-3-14-5-12-24-25-14/h14H,1-13,17H2,(H,18,19). The molecule has 9 heteroatoms. The largest absolute Gasteiger partial charge is 0.462 e. The molecule has 25 heavy (non-hydrogen) atoms. The van der Waals surface area contributed by atoms with Crippen molar-refractivity contribution < 1.29 is 23.8 Å². The van der Waals surface area contributed by atoms with Crippen LogP contribution >= 0.6 is 21.6 Å². The SMILES string of the molecule is NCC(=O)OCCOCCOCCNC(=O)CCCCC1CCSS1. The van der Waals surface area contributed by atoms with Crippen molar-refractivity contribution >= 4 is 33.5 Å². The fraction of sp³-hybridized carbons (Fsp3) is 0.875. The van der Waals surface area contributed by atoms with Crippen LogP contribution in [-0.2, 0) is 23.8 Å². The van der Waals surface area contributed by atoms with Crippen molar-refractivity contribution in [1.82, 2.24) is 5.32 Å². The fourth-order valence-corrected chi connectivity index (χ4v) is 5.20. The molecule has 0 spiro atoms. The number of nitrogens with two attached hydrogens (primary N) is 1. The molecule has 0 bridgehead atoms. The van der Waals surface area contributed by atoms with Crippen molar-refractivity contribution in [2.24, 2.45) is 5.73 Å². The highest BCUT2D eigenvalue weighted by Gasteiger charge is 2.15. The summed E-state index contributed by atoms with van der Waals surface area (Å²) in [6.45, 7) is 2.25. The summed E-state index contributed by atoms with van der Waals surface area (Å²) in [6.07, 6.45) is 5.20. The number of esters is 1. The van der Waals surface area contributed by atoms with Gasteiger partial charge in [0.05, 0.1) is 33.0 Å². The summed E-state index contributed by atoms with van der Waals surface area (Å²) < 4.78 is 15.3. The molecule has 1 atom stereocenters. The molecular weight excluding hydrogens is 364 g/mol. The van der Waals surface area contributed by atoms with Gasteiger partial charge in [-0.2, -0.15) is 0 Å². The minimum Gasteiger partial charge on any atom is -0.462 e. The van der Waals surface area contributed by atoms with Crippen LogP contribution in [0.4, 0.5) is 0 Å². The van der Waals surface area contributed by atoms with E-state index >= 15 is 0 Å². The predicted molar refractivity (Wildman–Crippen MR) is 102 cm³/mol. The van der Waals surface area contributed by atoms with Crippen LogP contribution in [0.5, 0.6) is 0 Å². The topological polar surface area (TPSA) is 99.9 Å². The average molecular weight is 395 g/mol. The number of ether oxygens (including phenoxy) is 3. The molecule has 1 aliphatic rings. The maximum atomic E-state index is 11.7. The monoisotopic (exact) mass is 394 g/mol. The Morgan fingerprint density at radius 3 is 2.56 bits per heavy atom. The minimum absolute atomic E-state index is 0.0926. The molecule has 1 fully saturated rings. The zero-order chi connectivity index (χ0) is 18.2. The lowest BCUT2D eigenvalue weighted by Crippen LogP contribution is -2.27. The van der Waals surface area contributed by atoms with Crippen molar-refractivity contribution in [2.75, 3.05) is 51.9 Å². The van der Waals surface area contributed by atoms with Crippen molar-refractivity contribution in [2.45, 2.75) is 37.4 Å². The van der Waals surface area contributed by atoms with E-state index in [1.165, 1.54) is 18.6 Å². The van der Waals surface area contributed by atoms with Crippen LogP contribution in [0.15, 0.2) is 0 Å². The third kappa shape index (κ3) is 13.4. The molecule has 0 saturated carbocycles. The predicted octanol–water partition coefficient (Wildman–Crippen LogP) is 1.35. The molecule has 3 N–H and O–H groups in total. The second-order valence-electron chi connectivity index (χ2n) is 5.57. The van der Waals surface area contributed by atoms with Crippen LogP contribution < -0.4 is 11.1 Å². The molecule has 0 aliphatic carbocycles. The van der Waals surface area contributed by atoms with Gasteiger partial charge in [-0.15, -0.1) is 0 Å². The number of carbonyl (C=O) groups excluding carboxylic acids is 2. The fourth-order valence-electron chi connectivity index (χ4n) is 2.17. The number of unbranched alkanes of at least 4 members (excludes halogenated alkanes) is 1. The van der Waals surface area contributed by atoms with Gasteiger partial charge in [-0.05, 0) is 19.3 Å². The van der Waals surface area contributed by atoms with Crippen LogP contribution in [0.25, 0.3) is 0 Å². The van der Waals surface area contributed by atoms with Crippen LogP contribution in [-0.4, -0.2) is 69.0 Å². The second-order valence-corrected chi connectivity index (χ2v) is 8.36. The quantitative estimate of drug-likeness (QED) is 0.244.